The first-order valence-electron chi connectivity index (χ1n) is 8.63. The third kappa shape index (κ3) is 4.23. The van der Waals surface area contributed by atoms with Gasteiger partial charge in [-0.1, -0.05) is 34.1 Å². The average Bonchev–Trinajstić information content (AvgIpc) is 3.13. The lowest BCUT2D eigenvalue weighted by atomic mass is 10.1. The van der Waals surface area contributed by atoms with E-state index < -0.39 is 21.9 Å². The Morgan fingerprint density at radius 3 is 2.56 bits per heavy atom. The molecule has 0 aliphatic carbocycles. The fourth-order valence-corrected chi connectivity index (χ4v) is 5.53. The van der Waals surface area contributed by atoms with Crippen LogP contribution in [0.2, 0.25) is 0 Å². The molecule has 1 amide bonds. The summed E-state index contributed by atoms with van der Waals surface area (Å²) in [5.74, 6) is -0.839. The third-order valence-electron chi connectivity index (χ3n) is 4.66. The maximum atomic E-state index is 13.1. The minimum Gasteiger partial charge on any atom is -0.348 e. The molecule has 3 rings (SSSR count). The van der Waals surface area contributed by atoms with Crippen LogP contribution in [-0.2, 0) is 14.8 Å². The SMILES string of the molecule is C[C@@H](NC(=O)[C@@H]1CCCN1S(=O)(=O)c1ccc(F)cc1)c1ccccc1Br. The molecule has 0 saturated carbocycles. The van der Waals surface area contributed by atoms with Crippen molar-refractivity contribution in [3.05, 3.63) is 64.4 Å². The van der Waals surface area contributed by atoms with E-state index in [4.69, 9.17) is 0 Å². The number of hydrogen-bond acceptors (Lipinski definition) is 3. The molecule has 0 unspecified atom stereocenters. The van der Waals surface area contributed by atoms with Crippen molar-refractivity contribution in [1.82, 2.24) is 9.62 Å². The van der Waals surface area contributed by atoms with E-state index in [0.717, 1.165) is 22.2 Å². The van der Waals surface area contributed by atoms with Gasteiger partial charge in [0.1, 0.15) is 11.9 Å². The van der Waals surface area contributed by atoms with Crippen LogP contribution in [0.25, 0.3) is 0 Å². The predicted molar refractivity (Wildman–Crippen MR) is 104 cm³/mol. The molecule has 1 fully saturated rings. The van der Waals surface area contributed by atoms with Crippen molar-refractivity contribution in [1.29, 1.82) is 0 Å². The van der Waals surface area contributed by atoms with E-state index in [1.165, 1.54) is 16.4 Å². The highest BCUT2D eigenvalue weighted by Crippen LogP contribution is 2.28. The molecule has 1 saturated heterocycles. The standard InChI is InChI=1S/C19H20BrFN2O3S/c1-13(16-5-2-3-6-17(16)20)22-19(24)18-7-4-12-23(18)27(25,26)15-10-8-14(21)9-11-15/h2-3,5-6,8-11,13,18H,4,7,12H2,1H3,(H,22,24)/t13-,18+/m1/s1. The Bertz CT molecular complexity index is 934. The molecular formula is C19H20BrFN2O3S. The largest absolute Gasteiger partial charge is 0.348 e. The Morgan fingerprint density at radius 2 is 1.89 bits per heavy atom. The summed E-state index contributed by atoms with van der Waals surface area (Å²) in [5.41, 5.74) is 0.914. The van der Waals surface area contributed by atoms with Crippen molar-refractivity contribution in [2.45, 2.75) is 36.7 Å². The van der Waals surface area contributed by atoms with Crippen molar-refractivity contribution in [3.8, 4) is 0 Å². The molecule has 0 radical (unpaired) electrons. The number of nitrogens with one attached hydrogen (secondary N) is 1. The monoisotopic (exact) mass is 454 g/mol. The molecule has 0 spiro atoms. The van der Waals surface area contributed by atoms with Crippen LogP contribution >= 0.6 is 15.9 Å². The van der Waals surface area contributed by atoms with Gasteiger partial charge >= 0.3 is 0 Å². The van der Waals surface area contributed by atoms with E-state index in [-0.39, 0.29) is 23.4 Å². The summed E-state index contributed by atoms with van der Waals surface area (Å²) in [4.78, 5) is 12.8. The van der Waals surface area contributed by atoms with Crippen LogP contribution in [0.4, 0.5) is 4.39 Å². The minimum absolute atomic E-state index is 0.0116. The van der Waals surface area contributed by atoms with Crippen LogP contribution in [0.5, 0.6) is 0 Å². The number of sulfonamides is 1. The van der Waals surface area contributed by atoms with E-state index in [2.05, 4.69) is 21.2 Å². The van der Waals surface area contributed by atoms with E-state index in [0.29, 0.717) is 12.8 Å². The fourth-order valence-electron chi connectivity index (χ4n) is 3.25. The van der Waals surface area contributed by atoms with Crippen molar-refractivity contribution in [2.24, 2.45) is 0 Å². The van der Waals surface area contributed by atoms with Crippen molar-refractivity contribution < 1.29 is 17.6 Å². The topological polar surface area (TPSA) is 66.5 Å². The van der Waals surface area contributed by atoms with E-state index in [1.54, 1.807) is 0 Å². The molecule has 144 valence electrons. The lowest BCUT2D eigenvalue weighted by Crippen LogP contribution is -2.46. The second-order valence-corrected chi connectivity index (χ2v) is 9.22. The summed E-state index contributed by atoms with van der Waals surface area (Å²) in [6, 6.07) is 11.2. The predicted octanol–water partition coefficient (Wildman–Crippen LogP) is 3.62. The zero-order chi connectivity index (χ0) is 19.6. The smallest absolute Gasteiger partial charge is 0.243 e. The Morgan fingerprint density at radius 1 is 1.22 bits per heavy atom. The van der Waals surface area contributed by atoms with Crippen molar-refractivity contribution in [3.63, 3.8) is 0 Å². The van der Waals surface area contributed by atoms with Gasteiger partial charge in [-0.25, -0.2) is 12.8 Å². The Balaban J connectivity index is 1.78. The first-order valence-corrected chi connectivity index (χ1v) is 10.9. The first kappa shape index (κ1) is 20.0. The lowest BCUT2D eigenvalue weighted by molar-refractivity contribution is -0.124. The molecule has 0 aromatic heterocycles. The maximum absolute atomic E-state index is 13.1. The first-order chi connectivity index (χ1) is 12.8. The summed E-state index contributed by atoms with van der Waals surface area (Å²) in [7, 11) is -3.86. The quantitative estimate of drug-likeness (QED) is 0.749. The van der Waals surface area contributed by atoms with Gasteiger partial charge in [-0.15, -0.1) is 0 Å². The number of amides is 1. The zero-order valence-electron chi connectivity index (χ0n) is 14.7. The molecule has 5 nitrogen and oxygen atoms in total. The number of carbonyl (C=O) groups is 1. The fraction of sp³-hybridized carbons (Fsp3) is 0.316. The molecule has 27 heavy (non-hydrogen) atoms. The van der Waals surface area contributed by atoms with Crippen LogP contribution < -0.4 is 5.32 Å². The molecule has 1 aliphatic heterocycles. The van der Waals surface area contributed by atoms with Crippen LogP contribution in [0.3, 0.4) is 0 Å². The van der Waals surface area contributed by atoms with Gasteiger partial charge in [0.25, 0.3) is 0 Å². The van der Waals surface area contributed by atoms with Crippen LogP contribution in [-0.4, -0.2) is 31.2 Å². The van der Waals surface area contributed by atoms with Crippen LogP contribution in [0.1, 0.15) is 31.4 Å². The summed E-state index contributed by atoms with van der Waals surface area (Å²) in [6.45, 7) is 2.12. The Hall–Kier alpha value is -1.77. The van der Waals surface area contributed by atoms with Crippen molar-refractivity contribution >= 4 is 31.9 Å². The molecular weight excluding hydrogens is 435 g/mol. The Labute approximate surface area is 166 Å². The van der Waals surface area contributed by atoms with Gasteiger partial charge < -0.3 is 5.32 Å². The second kappa shape index (κ2) is 8.08. The van der Waals surface area contributed by atoms with Crippen LogP contribution in [0.15, 0.2) is 57.9 Å². The van der Waals surface area contributed by atoms with E-state index >= 15 is 0 Å². The minimum atomic E-state index is -3.86. The highest BCUT2D eigenvalue weighted by atomic mass is 79.9. The van der Waals surface area contributed by atoms with Crippen molar-refractivity contribution in [2.75, 3.05) is 6.54 Å². The van der Waals surface area contributed by atoms with Gasteiger partial charge in [-0.3, -0.25) is 4.79 Å². The summed E-state index contributed by atoms with van der Waals surface area (Å²) < 4.78 is 41.0. The molecule has 1 N–H and O–H groups in total. The second-order valence-electron chi connectivity index (χ2n) is 6.48. The number of rotatable bonds is 5. The van der Waals surface area contributed by atoms with Gasteiger partial charge in [0.2, 0.25) is 15.9 Å². The van der Waals surface area contributed by atoms with Gasteiger partial charge in [0, 0.05) is 11.0 Å². The molecule has 2 aromatic carbocycles. The summed E-state index contributed by atoms with van der Waals surface area (Å²) >= 11 is 3.46. The molecule has 2 atom stereocenters. The molecule has 8 heteroatoms. The Kier molecular flexibility index (Phi) is 5.98. The number of nitrogens with zero attached hydrogens (tertiary/aromatic N) is 1. The highest BCUT2D eigenvalue weighted by molar-refractivity contribution is 9.10. The lowest BCUT2D eigenvalue weighted by Gasteiger charge is -2.25. The third-order valence-corrected chi connectivity index (χ3v) is 7.30. The zero-order valence-corrected chi connectivity index (χ0v) is 17.1. The van der Waals surface area contributed by atoms with E-state index in [9.17, 15) is 17.6 Å². The van der Waals surface area contributed by atoms with E-state index in [1.807, 2.05) is 31.2 Å². The number of halogens is 2. The van der Waals surface area contributed by atoms with Gasteiger partial charge in [-0.05, 0) is 55.7 Å². The number of carbonyl (C=O) groups excluding carboxylic acids is 1. The highest BCUT2D eigenvalue weighted by Gasteiger charge is 2.39. The van der Waals surface area contributed by atoms with Gasteiger partial charge in [0.15, 0.2) is 0 Å². The molecule has 1 aliphatic rings. The van der Waals surface area contributed by atoms with Gasteiger partial charge in [-0.2, -0.15) is 4.31 Å². The molecule has 2 aromatic rings. The summed E-state index contributed by atoms with van der Waals surface area (Å²) in [5, 5.41) is 2.91. The average molecular weight is 455 g/mol. The van der Waals surface area contributed by atoms with Crippen LogP contribution in [0, 0.1) is 5.82 Å². The normalized spacial score (nSPS) is 19.0. The molecule has 1 heterocycles. The maximum Gasteiger partial charge on any atom is 0.243 e. The van der Waals surface area contributed by atoms with Gasteiger partial charge in [0.05, 0.1) is 10.9 Å². The number of hydrogen-bond donors (Lipinski definition) is 1. The molecule has 0 bridgehead atoms. The summed E-state index contributed by atoms with van der Waals surface area (Å²) in [6.07, 6.45) is 1.05. The number of benzene rings is 2.